The second-order valence-corrected chi connectivity index (χ2v) is 5.38. The Balaban J connectivity index is 2.00. The third-order valence-corrected chi connectivity index (χ3v) is 3.45. The van der Waals surface area contributed by atoms with Gasteiger partial charge in [0.25, 0.3) is 11.8 Å². The lowest BCUT2D eigenvalue weighted by molar-refractivity contribution is -0.132. The van der Waals surface area contributed by atoms with E-state index < -0.39 is 24.5 Å². The second-order valence-electron chi connectivity index (χ2n) is 5.38. The molecule has 2 aromatic carbocycles. The van der Waals surface area contributed by atoms with Crippen molar-refractivity contribution in [2.45, 2.75) is 6.04 Å². The number of nitrogen functional groups attached to an aromatic ring is 1. The normalized spacial score (nSPS) is 10.4. The van der Waals surface area contributed by atoms with Crippen LogP contribution in [0.2, 0.25) is 0 Å². The number of anilines is 1. The van der Waals surface area contributed by atoms with Crippen LogP contribution in [0.15, 0.2) is 48.5 Å². The molecule has 0 bridgehead atoms. The predicted octanol–water partition coefficient (Wildman–Crippen LogP) is 0.268. The molecular weight excluding hydrogens is 346 g/mol. The maximum Gasteiger partial charge on any atom is 0.268 e. The summed E-state index contributed by atoms with van der Waals surface area (Å²) < 4.78 is 0. The van der Waals surface area contributed by atoms with Crippen LogP contribution in [-0.2, 0) is 4.79 Å². The van der Waals surface area contributed by atoms with E-state index in [1.54, 1.807) is 36.4 Å². The van der Waals surface area contributed by atoms with E-state index in [-0.39, 0.29) is 5.56 Å². The molecule has 0 saturated carbocycles. The van der Waals surface area contributed by atoms with Gasteiger partial charge in [-0.1, -0.05) is 11.8 Å². The summed E-state index contributed by atoms with van der Waals surface area (Å²) in [6.07, 6.45) is 0. The minimum absolute atomic E-state index is 0.276. The molecule has 0 fully saturated rings. The maximum absolute atomic E-state index is 12.0. The number of carbonyl (C=O) groups is 2. The molecule has 2 rings (SSSR count). The van der Waals surface area contributed by atoms with Crippen molar-refractivity contribution < 1.29 is 19.9 Å². The van der Waals surface area contributed by atoms with E-state index in [2.05, 4.69) is 29.0 Å². The lowest BCUT2D eigenvalue weighted by Gasteiger charge is -2.13. The molecule has 2 aromatic rings. The van der Waals surface area contributed by atoms with Crippen LogP contribution in [0.25, 0.3) is 0 Å². The smallest absolute Gasteiger partial charge is 0.268 e. The SMILES string of the molecule is Nc1ccc(C#CC#Cc2ccc(C(=O)N[C@@H](CO)C(=O)NO)cc2)cc1. The van der Waals surface area contributed by atoms with Crippen LogP contribution in [0.5, 0.6) is 0 Å². The molecule has 0 radical (unpaired) electrons. The lowest BCUT2D eigenvalue weighted by Crippen LogP contribution is -2.48. The number of benzene rings is 2. The Morgan fingerprint density at radius 2 is 1.48 bits per heavy atom. The van der Waals surface area contributed by atoms with E-state index in [1.807, 2.05) is 0 Å². The number of hydrogen-bond donors (Lipinski definition) is 5. The van der Waals surface area contributed by atoms with Gasteiger partial charge in [-0.25, -0.2) is 5.48 Å². The number of aliphatic hydroxyl groups excluding tert-OH is 1. The molecule has 7 nitrogen and oxygen atoms in total. The lowest BCUT2D eigenvalue weighted by atomic mass is 10.1. The van der Waals surface area contributed by atoms with E-state index in [9.17, 15) is 9.59 Å². The Labute approximate surface area is 156 Å². The number of carbonyl (C=O) groups excluding carboxylic acids is 2. The fraction of sp³-hybridized carbons (Fsp3) is 0.100. The summed E-state index contributed by atoms with van der Waals surface area (Å²) in [5, 5.41) is 19.9. The number of hydrogen-bond acceptors (Lipinski definition) is 5. The van der Waals surface area contributed by atoms with Gasteiger partial charge in [0.1, 0.15) is 6.04 Å². The number of nitrogens with two attached hydrogens (primary N) is 1. The zero-order chi connectivity index (χ0) is 19.6. The molecule has 0 saturated heterocycles. The Morgan fingerprint density at radius 3 is 1.96 bits per heavy atom. The van der Waals surface area contributed by atoms with E-state index in [0.717, 1.165) is 5.56 Å². The molecule has 2 amide bonds. The van der Waals surface area contributed by atoms with Gasteiger partial charge in [0, 0.05) is 22.4 Å². The third kappa shape index (κ3) is 5.91. The molecule has 0 aromatic heterocycles. The van der Waals surface area contributed by atoms with Crippen molar-refractivity contribution in [3.05, 3.63) is 65.2 Å². The number of aliphatic hydroxyl groups is 1. The van der Waals surface area contributed by atoms with E-state index >= 15 is 0 Å². The maximum atomic E-state index is 12.0. The Morgan fingerprint density at radius 1 is 0.963 bits per heavy atom. The third-order valence-electron chi connectivity index (χ3n) is 3.45. The highest BCUT2D eigenvalue weighted by molar-refractivity contribution is 5.97. The van der Waals surface area contributed by atoms with Crippen molar-refractivity contribution in [3.63, 3.8) is 0 Å². The average molecular weight is 363 g/mol. The summed E-state index contributed by atoms with van der Waals surface area (Å²) in [7, 11) is 0. The van der Waals surface area contributed by atoms with Crippen LogP contribution in [0, 0.1) is 23.7 Å². The first-order valence-corrected chi connectivity index (χ1v) is 7.87. The molecule has 1 atom stereocenters. The number of hydroxylamine groups is 1. The zero-order valence-corrected chi connectivity index (χ0v) is 14.2. The molecule has 0 aliphatic carbocycles. The molecule has 7 heteroatoms. The topological polar surface area (TPSA) is 125 Å². The molecule has 136 valence electrons. The number of amides is 2. The van der Waals surface area contributed by atoms with Crippen LogP contribution >= 0.6 is 0 Å². The van der Waals surface area contributed by atoms with Gasteiger partial charge in [-0.3, -0.25) is 14.8 Å². The first-order chi connectivity index (χ1) is 13.0. The monoisotopic (exact) mass is 363 g/mol. The van der Waals surface area contributed by atoms with Gasteiger partial charge in [-0.05, 0) is 60.4 Å². The van der Waals surface area contributed by atoms with Crippen LogP contribution in [0.3, 0.4) is 0 Å². The standard InChI is InChI=1S/C20H17N3O4/c21-17-11-7-15(8-12-17)4-2-1-3-14-5-9-16(10-6-14)19(25)22-18(13-24)20(26)23-27/h5-12,18,24,27H,13,21H2,(H,22,25)(H,23,26)/t18-/m0/s1. The van der Waals surface area contributed by atoms with Crippen LogP contribution in [-0.4, -0.2) is 34.8 Å². The van der Waals surface area contributed by atoms with Gasteiger partial charge in [-0.15, -0.1) is 0 Å². The van der Waals surface area contributed by atoms with Gasteiger partial charge >= 0.3 is 0 Å². The Bertz CT molecular complexity index is 930. The molecule has 0 unspecified atom stereocenters. The molecule has 27 heavy (non-hydrogen) atoms. The molecular formula is C20H17N3O4. The highest BCUT2D eigenvalue weighted by Gasteiger charge is 2.19. The largest absolute Gasteiger partial charge is 0.399 e. The summed E-state index contributed by atoms with van der Waals surface area (Å²) in [5.41, 5.74) is 9.37. The highest BCUT2D eigenvalue weighted by Crippen LogP contribution is 2.05. The molecule has 0 aliphatic rings. The quantitative estimate of drug-likeness (QED) is 0.231. The van der Waals surface area contributed by atoms with Gasteiger partial charge < -0.3 is 16.2 Å². The molecule has 6 N–H and O–H groups in total. The van der Waals surface area contributed by atoms with Crippen LogP contribution < -0.4 is 16.5 Å². The van der Waals surface area contributed by atoms with Gasteiger partial charge in [-0.2, -0.15) is 0 Å². The molecule has 0 aliphatic heterocycles. The zero-order valence-electron chi connectivity index (χ0n) is 14.2. The van der Waals surface area contributed by atoms with Crippen molar-refractivity contribution in [1.82, 2.24) is 10.8 Å². The van der Waals surface area contributed by atoms with Gasteiger partial charge in [0.2, 0.25) is 0 Å². The minimum Gasteiger partial charge on any atom is -0.399 e. The molecule has 0 spiro atoms. The Hall–Kier alpha value is -3.78. The summed E-state index contributed by atoms with van der Waals surface area (Å²) >= 11 is 0. The highest BCUT2D eigenvalue weighted by atomic mass is 16.5. The van der Waals surface area contributed by atoms with E-state index in [0.29, 0.717) is 11.3 Å². The van der Waals surface area contributed by atoms with E-state index in [4.69, 9.17) is 16.0 Å². The first kappa shape index (κ1) is 19.5. The fourth-order valence-electron chi connectivity index (χ4n) is 1.99. The Kier molecular flexibility index (Phi) is 6.98. The van der Waals surface area contributed by atoms with Crippen molar-refractivity contribution in [2.75, 3.05) is 12.3 Å². The van der Waals surface area contributed by atoms with Crippen molar-refractivity contribution in [1.29, 1.82) is 0 Å². The summed E-state index contributed by atoms with van der Waals surface area (Å²) in [6, 6.07) is 12.2. The summed E-state index contributed by atoms with van der Waals surface area (Å²) in [6.45, 7) is -0.644. The van der Waals surface area contributed by atoms with Gasteiger partial charge in [0.05, 0.1) is 6.61 Å². The number of nitrogens with one attached hydrogen (secondary N) is 2. The van der Waals surface area contributed by atoms with Crippen LogP contribution in [0.1, 0.15) is 21.5 Å². The fourth-order valence-corrected chi connectivity index (χ4v) is 1.99. The predicted molar refractivity (Wildman–Crippen MR) is 99.3 cm³/mol. The first-order valence-electron chi connectivity index (χ1n) is 7.87. The summed E-state index contributed by atoms with van der Waals surface area (Å²) in [5.74, 6) is 9.72. The molecule has 0 heterocycles. The average Bonchev–Trinajstić information content (AvgIpc) is 2.70. The minimum atomic E-state index is -1.24. The second kappa shape index (κ2) is 9.64. The summed E-state index contributed by atoms with van der Waals surface area (Å²) in [4.78, 5) is 23.3. The van der Waals surface area contributed by atoms with E-state index in [1.165, 1.54) is 17.6 Å². The van der Waals surface area contributed by atoms with Crippen molar-refractivity contribution >= 4 is 17.5 Å². The van der Waals surface area contributed by atoms with Gasteiger partial charge in [0.15, 0.2) is 0 Å². The van der Waals surface area contributed by atoms with Crippen molar-refractivity contribution in [2.24, 2.45) is 0 Å². The van der Waals surface area contributed by atoms with Crippen molar-refractivity contribution in [3.8, 4) is 23.7 Å². The number of rotatable bonds is 4. The van der Waals surface area contributed by atoms with Crippen LogP contribution in [0.4, 0.5) is 5.69 Å².